The van der Waals surface area contributed by atoms with Crippen molar-refractivity contribution >= 4 is 17.1 Å². The van der Waals surface area contributed by atoms with Crippen molar-refractivity contribution in [2.45, 2.75) is 20.0 Å². The van der Waals surface area contributed by atoms with Gasteiger partial charge in [0.05, 0.1) is 11.4 Å². The number of nitrogens with zero attached hydrogens (tertiary/aromatic N) is 1. The smallest absolute Gasteiger partial charge is 0.101 e. The van der Waals surface area contributed by atoms with E-state index in [1.807, 2.05) is 0 Å². The molecular formula is C15H16N2. The van der Waals surface area contributed by atoms with Gasteiger partial charge >= 0.3 is 0 Å². The molecule has 2 heteroatoms. The highest BCUT2D eigenvalue weighted by Gasteiger charge is 2.27. The standard InChI is InChI=1S/C15H16N2/c1-11-7-6-10-14-15(11)16-12(2)17(14)13-8-4-3-5-9-13/h3-10,12,16H,1-2H3. The van der Waals surface area contributed by atoms with E-state index in [9.17, 15) is 0 Å². The van der Waals surface area contributed by atoms with Gasteiger partial charge in [-0.05, 0) is 37.6 Å². The first kappa shape index (κ1) is 10.2. The molecule has 17 heavy (non-hydrogen) atoms. The quantitative estimate of drug-likeness (QED) is 0.790. The van der Waals surface area contributed by atoms with Gasteiger partial charge in [-0.1, -0.05) is 30.3 Å². The molecule has 1 aliphatic rings. The SMILES string of the molecule is Cc1cccc2c1NC(C)N2c1ccccc1. The van der Waals surface area contributed by atoms with Gasteiger partial charge in [-0.3, -0.25) is 0 Å². The summed E-state index contributed by atoms with van der Waals surface area (Å²) in [5.41, 5.74) is 5.05. The van der Waals surface area contributed by atoms with Crippen molar-refractivity contribution in [2.75, 3.05) is 10.2 Å². The molecule has 0 amide bonds. The van der Waals surface area contributed by atoms with Crippen LogP contribution in [0.1, 0.15) is 12.5 Å². The molecule has 0 spiro atoms. The first-order valence-electron chi connectivity index (χ1n) is 5.98. The number of rotatable bonds is 1. The van der Waals surface area contributed by atoms with E-state index in [-0.39, 0.29) is 0 Å². The number of fused-ring (bicyclic) bond motifs is 1. The average Bonchev–Trinajstić information content (AvgIpc) is 2.68. The minimum Gasteiger partial charge on any atom is -0.363 e. The summed E-state index contributed by atoms with van der Waals surface area (Å²) in [6, 6.07) is 16.9. The Morgan fingerprint density at radius 1 is 1.00 bits per heavy atom. The molecule has 0 saturated carbocycles. The van der Waals surface area contributed by atoms with Crippen LogP contribution < -0.4 is 10.2 Å². The molecule has 3 rings (SSSR count). The zero-order valence-corrected chi connectivity index (χ0v) is 10.1. The van der Waals surface area contributed by atoms with Crippen LogP contribution in [0.5, 0.6) is 0 Å². The summed E-state index contributed by atoms with van der Waals surface area (Å²) in [6.07, 6.45) is 0.300. The molecule has 0 saturated heterocycles. The van der Waals surface area contributed by atoms with Gasteiger partial charge in [0.15, 0.2) is 0 Å². The van der Waals surface area contributed by atoms with Crippen LogP contribution in [0, 0.1) is 6.92 Å². The van der Waals surface area contributed by atoms with Gasteiger partial charge in [-0.25, -0.2) is 0 Å². The van der Waals surface area contributed by atoms with Crippen LogP contribution in [0.15, 0.2) is 48.5 Å². The van der Waals surface area contributed by atoms with Crippen LogP contribution >= 0.6 is 0 Å². The van der Waals surface area contributed by atoms with Crippen molar-refractivity contribution in [2.24, 2.45) is 0 Å². The fraction of sp³-hybridized carbons (Fsp3) is 0.200. The van der Waals surface area contributed by atoms with E-state index in [0.29, 0.717) is 6.17 Å². The van der Waals surface area contributed by atoms with E-state index >= 15 is 0 Å². The van der Waals surface area contributed by atoms with Crippen LogP contribution in [0.3, 0.4) is 0 Å². The van der Waals surface area contributed by atoms with E-state index < -0.39 is 0 Å². The predicted molar refractivity (Wildman–Crippen MR) is 72.8 cm³/mol. The summed E-state index contributed by atoms with van der Waals surface area (Å²) in [6.45, 7) is 4.33. The summed E-state index contributed by atoms with van der Waals surface area (Å²) < 4.78 is 0. The monoisotopic (exact) mass is 224 g/mol. The second kappa shape index (κ2) is 3.81. The predicted octanol–water partition coefficient (Wildman–Crippen LogP) is 3.90. The summed E-state index contributed by atoms with van der Waals surface area (Å²) >= 11 is 0. The average molecular weight is 224 g/mol. The third kappa shape index (κ3) is 1.57. The Labute approximate surface area is 102 Å². The van der Waals surface area contributed by atoms with Crippen LogP contribution in [-0.4, -0.2) is 6.17 Å². The lowest BCUT2D eigenvalue weighted by Gasteiger charge is -2.23. The van der Waals surface area contributed by atoms with Crippen molar-refractivity contribution in [1.29, 1.82) is 0 Å². The molecule has 1 N–H and O–H groups in total. The van der Waals surface area contributed by atoms with Crippen molar-refractivity contribution < 1.29 is 0 Å². The normalized spacial score (nSPS) is 17.8. The molecule has 0 radical (unpaired) electrons. The number of benzene rings is 2. The van der Waals surface area contributed by atoms with E-state index in [0.717, 1.165) is 0 Å². The van der Waals surface area contributed by atoms with Crippen LogP contribution in [0.2, 0.25) is 0 Å². The number of anilines is 3. The topological polar surface area (TPSA) is 15.3 Å². The van der Waals surface area contributed by atoms with Crippen molar-refractivity contribution in [3.63, 3.8) is 0 Å². The zero-order valence-electron chi connectivity index (χ0n) is 10.1. The summed E-state index contributed by atoms with van der Waals surface area (Å²) in [5.74, 6) is 0. The molecule has 0 aliphatic carbocycles. The highest BCUT2D eigenvalue weighted by molar-refractivity contribution is 5.84. The molecule has 2 aromatic rings. The highest BCUT2D eigenvalue weighted by atomic mass is 15.3. The lowest BCUT2D eigenvalue weighted by atomic mass is 10.1. The largest absolute Gasteiger partial charge is 0.363 e. The van der Waals surface area contributed by atoms with Gasteiger partial charge in [0, 0.05) is 5.69 Å². The maximum Gasteiger partial charge on any atom is 0.101 e. The molecular weight excluding hydrogens is 208 g/mol. The Kier molecular flexibility index (Phi) is 2.29. The van der Waals surface area contributed by atoms with Crippen LogP contribution in [0.4, 0.5) is 17.1 Å². The molecule has 2 nitrogen and oxygen atoms in total. The third-order valence-corrected chi connectivity index (χ3v) is 3.29. The summed E-state index contributed by atoms with van der Waals surface area (Å²) in [7, 11) is 0. The van der Waals surface area contributed by atoms with E-state index in [1.165, 1.54) is 22.6 Å². The molecule has 0 bridgehead atoms. The van der Waals surface area contributed by atoms with Gasteiger partial charge in [0.2, 0.25) is 0 Å². The van der Waals surface area contributed by atoms with E-state index in [2.05, 4.69) is 72.6 Å². The molecule has 2 aromatic carbocycles. The zero-order chi connectivity index (χ0) is 11.8. The Bertz CT molecular complexity index is 534. The first-order chi connectivity index (χ1) is 8.27. The van der Waals surface area contributed by atoms with E-state index in [4.69, 9.17) is 0 Å². The Morgan fingerprint density at radius 3 is 2.53 bits per heavy atom. The number of hydrogen-bond donors (Lipinski definition) is 1. The van der Waals surface area contributed by atoms with Crippen molar-refractivity contribution in [1.82, 2.24) is 0 Å². The number of nitrogens with one attached hydrogen (secondary N) is 1. The fourth-order valence-corrected chi connectivity index (χ4v) is 2.47. The Hall–Kier alpha value is -1.96. The van der Waals surface area contributed by atoms with Crippen LogP contribution in [0.25, 0.3) is 0 Å². The Balaban J connectivity index is 2.12. The molecule has 1 heterocycles. The maximum atomic E-state index is 3.54. The molecule has 86 valence electrons. The lowest BCUT2D eigenvalue weighted by Crippen LogP contribution is -2.28. The van der Waals surface area contributed by atoms with Crippen LogP contribution in [-0.2, 0) is 0 Å². The minimum absolute atomic E-state index is 0.300. The molecule has 1 aliphatic heterocycles. The van der Waals surface area contributed by atoms with Gasteiger partial charge in [-0.15, -0.1) is 0 Å². The lowest BCUT2D eigenvalue weighted by molar-refractivity contribution is 0.842. The molecule has 1 atom stereocenters. The van der Waals surface area contributed by atoms with Gasteiger partial charge in [0.1, 0.15) is 6.17 Å². The molecule has 0 fully saturated rings. The second-order valence-electron chi connectivity index (χ2n) is 4.49. The van der Waals surface area contributed by atoms with Gasteiger partial charge in [0.25, 0.3) is 0 Å². The summed E-state index contributed by atoms with van der Waals surface area (Å²) in [5, 5.41) is 3.54. The Morgan fingerprint density at radius 2 is 1.76 bits per heavy atom. The fourth-order valence-electron chi connectivity index (χ4n) is 2.47. The number of para-hydroxylation sites is 2. The maximum absolute atomic E-state index is 3.54. The molecule has 0 aromatic heterocycles. The highest BCUT2D eigenvalue weighted by Crippen LogP contribution is 2.41. The minimum atomic E-state index is 0.300. The first-order valence-corrected chi connectivity index (χ1v) is 5.98. The van der Waals surface area contributed by atoms with Crippen molar-refractivity contribution in [3.05, 3.63) is 54.1 Å². The third-order valence-electron chi connectivity index (χ3n) is 3.29. The van der Waals surface area contributed by atoms with Gasteiger partial charge < -0.3 is 10.2 Å². The van der Waals surface area contributed by atoms with Crippen molar-refractivity contribution in [3.8, 4) is 0 Å². The molecule has 1 unspecified atom stereocenters. The second-order valence-corrected chi connectivity index (χ2v) is 4.49. The number of aryl methyl sites for hydroxylation is 1. The number of hydrogen-bond acceptors (Lipinski definition) is 2. The van der Waals surface area contributed by atoms with Gasteiger partial charge in [-0.2, -0.15) is 0 Å². The van der Waals surface area contributed by atoms with E-state index in [1.54, 1.807) is 0 Å². The summed E-state index contributed by atoms with van der Waals surface area (Å²) in [4.78, 5) is 2.34.